The first-order chi connectivity index (χ1) is 10.2. The van der Waals surface area contributed by atoms with Crippen LogP contribution in [0.2, 0.25) is 5.02 Å². The van der Waals surface area contributed by atoms with E-state index >= 15 is 0 Å². The first-order valence-corrected chi connectivity index (χ1v) is 7.46. The maximum Gasteiger partial charge on any atom is 0.241 e. The standard InChI is InChI=1S/C15H18ClN3O2/c1-20-13-3-2-8-19(9-13)10-14-17-15(18-21-14)11-4-6-12(16)7-5-11/h4-7,13H,2-3,8-10H2,1H3/t13-/m1/s1. The highest BCUT2D eigenvalue weighted by molar-refractivity contribution is 6.30. The molecule has 112 valence electrons. The van der Waals surface area contributed by atoms with Crippen LogP contribution >= 0.6 is 11.6 Å². The SMILES string of the molecule is CO[C@@H]1CCCN(Cc2nc(-c3ccc(Cl)cc3)no2)C1. The van der Waals surface area contributed by atoms with E-state index in [2.05, 4.69) is 15.0 Å². The minimum atomic E-state index is 0.303. The Morgan fingerprint density at radius 2 is 2.19 bits per heavy atom. The van der Waals surface area contributed by atoms with Crippen LogP contribution in [0.25, 0.3) is 11.4 Å². The molecule has 21 heavy (non-hydrogen) atoms. The molecule has 1 aromatic carbocycles. The molecule has 0 amide bonds. The third-order valence-corrected chi connectivity index (χ3v) is 3.98. The van der Waals surface area contributed by atoms with Crippen LogP contribution in [0.4, 0.5) is 0 Å². The van der Waals surface area contributed by atoms with Crippen LogP contribution in [0, 0.1) is 0 Å². The topological polar surface area (TPSA) is 51.4 Å². The third-order valence-electron chi connectivity index (χ3n) is 3.72. The molecule has 1 atom stereocenters. The summed E-state index contributed by atoms with van der Waals surface area (Å²) in [4.78, 5) is 6.74. The predicted octanol–water partition coefficient (Wildman–Crippen LogP) is 3.00. The minimum absolute atomic E-state index is 0.303. The first-order valence-electron chi connectivity index (χ1n) is 7.08. The molecule has 1 saturated heterocycles. The van der Waals surface area contributed by atoms with Gasteiger partial charge in [0.05, 0.1) is 12.6 Å². The van der Waals surface area contributed by atoms with Crippen molar-refractivity contribution in [1.29, 1.82) is 0 Å². The summed E-state index contributed by atoms with van der Waals surface area (Å²) in [5, 5.41) is 4.73. The van der Waals surface area contributed by atoms with Crippen LogP contribution in [-0.2, 0) is 11.3 Å². The molecule has 0 aliphatic carbocycles. The van der Waals surface area contributed by atoms with Crippen molar-refractivity contribution < 1.29 is 9.26 Å². The molecule has 2 heterocycles. The number of benzene rings is 1. The van der Waals surface area contributed by atoms with Crippen LogP contribution in [0.3, 0.4) is 0 Å². The fraction of sp³-hybridized carbons (Fsp3) is 0.467. The lowest BCUT2D eigenvalue weighted by atomic mass is 10.1. The molecule has 0 bridgehead atoms. The Morgan fingerprint density at radius 3 is 2.95 bits per heavy atom. The zero-order valence-corrected chi connectivity index (χ0v) is 12.7. The van der Waals surface area contributed by atoms with Crippen molar-refractivity contribution in [2.24, 2.45) is 0 Å². The number of hydrogen-bond acceptors (Lipinski definition) is 5. The van der Waals surface area contributed by atoms with Gasteiger partial charge in [-0.05, 0) is 43.7 Å². The Kier molecular flexibility index (Phi) is 4.53. The Bertz CT molecular complexity index is 585. The van der Waals surface area contributed by atoms with E-state index in [0.29, 0.717) is 29.4 Å². The summed E-state index contributed by atoms with van der Waals surface area (Å²) in [5.41, 5.74) is 0.905. The summed E-state index contributed by atoms with van der Waals surface area (Å²) < 4.78 is 10.8. The number of piperidine rings is 1. The van der Waals surface area contributed by atoms with Gasteiger partial charge in [0.1, 0.15) is 0 Å². The molecule has 0 radical (unpaired) electrons. The second kappa shape index (κ2) is 6.56. The molecular formula is C15H18ClN3O2. The van der Waals surface area contributed by atoms with Crippen molar-refractivity contribution in [3.63, 3.8) is 0 Å². The van der Waals surface area contributed by atoms with E-state index in [1.54, 1.807) is 7.11 Å². The van der Waals surface area contributed by atoms with Crippen LogP contribution in [0.15, 0.2) is 28.8 Å². The highest BCUT2D eigenvalue weighted by Crippen LogP contribution is 2.20. The van der Waals surface area contributed by atoms with Crippen molar-refractivity contribution in [3.05, 3.63) is 35.2 Å². The van der Waals surface area contributed by atoms with Crippen molar-refractivity contribution in [3.8, 4) is 11.4 Å². The predicted molar refractivity (Wildman–Crippen MR) is 80.1 cm³/mol. The van der Waals surface area contributed by atoms with Gasteiger partial charge >= 0.3 is 0 Å². The number of likely N-dealkylation sites (tertiary alicyclic amines) is 1. The van der Waals surface area contributed by atoms with Gasteiger partial charge in [0, 0.05) is 24.2 Å². The summed E-state index contributed by atoms with van der Waals surface area (Å²) >= 11 is 5.88. The van der Waals surface area contributed by atoms with Gasteiger partial charge in [0.25, 0.3) is 0 Å². The fourth-order valence-electron chi connectivity index (χ4n) is 2.58. The van der Waals surface area contributed by atoms with E-state index in [0.717, 1.165) is 31.5 Å². The van der Waals surface area contributed by atoms with Crippen molar-refractivity contribution in [2.75, 3.05) is 20.2 Å². The summed E-state index contributed by atoms with van der Waals surface area (Å²) in [6.45, 7) is 2.62. The summed E-state index contributed by atoms with van der Waals surface area (Å²) in [5.74, 6) is 1.23. The molecule has 1 aliphatic heterocycles. The van der Waals surface area contributed by atoms with Gasteiger partial charge in [-0.2, -0.15) is 4.98 Å². The lowest BCUT2D eigenvalue weighted by Gasteiger charge is -2.30. The first kappa shape index (κ1) is 14.5. The van der Waals surface area contributed by atoms with Gasteiger partial charge in [-0.3, -0.25) is 4.90 Å². The zero-order valence-electron chi connectivity index (χ0n) is 12.0. The average Bonchev–Trinajstić information content (AvgIpc) is 2.96. The van der Waals surface area contributed by atoms with E-state index in [-0.39, 0.29) is 0 Å². The van der Waals surface area contributed by atoms with E-state index in [4.69, 9.17) is 20.9 Å². The number of halogens is 1. The van der Waals surface area contributed by atoms with Gasteiger partial charge in [-0.1, -0.05) is 16.8 Å². The highest BCUT2D eigenvalue weighted by atomic mass is 35.5. The van der Waals surface area contributed by atoms with Gasteiger partial charge in [-0.25, -0.2) is 0 Å². The van der Waals surface area contributed by atoms with Crippen LogP contribution in [0.1, 0.15) is 18.7 Å². The second-order valence-electron chi connectivity index (χ2n) is 5.25. The number of methoxy groups -OCH3 is 1. The molecule has 2 aromatic rings. The molecule has 0 unspecified atom stereocenters. The van der Waals surface area contributed by atoms with Gasteiger partial charge in [0.2, 0.25) is 11.7 Å². The molecule has 0 N–H and O–H groups in total. The number of nitrogens with zero attached hydrogens (tertiary/aromatic N) is 3. The van der Waals surface area contributed by atoms with Crippen LogP contribution < -0.4 is 0 Å². The highest BCUT2D eigenvalue weighted by Gasteiger charge is 2.21. The van der Waals surface area contributed by atoms with Crippen LogP contribution in [-0.4, -0.2) is 41.3 Å². The maximum atomic E-state index is 5.88. The average molecular weight is 308 g/mol. The third kappa shape index (κ3) is 3.61. The number of hydrogen-bond donors (Lipinski definition) is 0. The van der Waals surface area contributed by atoms with Gasteiger partial charge in [0.15, 0.2) is 0 Å². The minimum Gasteiger partial charge on any atom is -0.380 e. The van der Waals surface area contributed by atoms with E-state index < -0.39 is 0 Å². The molecular weight excluding hydrogens is 290 g/mol. The van der Waals surface area contributed by atoms with Crippen molar-refractivity contribution in [2.45, 2.75) is 25.5 Å². The normalized spacial score (nSPS) is 19.8. The molecule has 5 nitrogen and oxygen atoms in total. The fourth-order valence-corrected chi connectivity index (χ4v) is 2.70. The smallest absolute Gasteiger partial charge is 0.241 e. The zero-order chi connectivity index (χ0) is 14.7. The maximum absolute atomic E-state index is 5.88. The Morgan fingerprint density at radius 1 is 1.38 bits per heavy atom. The summed E-state index contributed by atoms with van der Waals surface area (Å²) in [6.07, 6.45) is 2.56. The van der Waals surface area contributed by atoms with Crippen LogP contribution in [0.5, 0.6) is 0 Å². The lowest BCUT2D eigenvalue weighted by molar-refractivity contribution is 0.0251. The molecule has 6 heteroatoms. The Balaban J connectivity index is 1.66. The molecule has 3 rings (SSSR count). The van der Waals surface area contributed by atoms with E-state index in [9.17, 15) is 0 Å². The second-order valence-corrected chi connectivity index (χ2v) is 5.69. The van der Waals surface area contributed by atoms with E-state index in [1.807, 2.05) is 24.3 Å². The monoisotopic (exact) mass is 307 g/mol. The molecule has 0 saturated carbocycles. The van der Waals surface area contributed by atoms with E-state index in [1.165, 1.54) is 0 Å². The van der Waals surface area contributed by atoms with Crippen molar-refractivity contribution in [1.82, 2.24) is 15.0 Å². The largest absolute Gasteiger partial charge is 0.380 e. The van der Waals surface area contributed by atoms with Crippen molar-refractivity contribution >= 4 is 11.6 Å². The number of ether oxygens (including phenoxy) is 1. The molecule has 0 spiro atoms. The quantitative estimate of drug-likeness (QED) is 0.869. The number of rotatable bonds is 4. The van der Waals surface area contributed by atoms with Gasteiger partial charge < -0.3 is 9.26 Å². The van der Waals surface area contributed by atoms with Gasteiger partial charge in [-0.15, -0.1) is 0 Å². The lowest BCUT2D eigenvalue weighted by Crippen LogP contribution is -2.38. The molecule has 1 fully saturated rings. The summed E-state index contributed by atoms with van der Waals surface area (Å²) in [6, 6.07) is 7.42. The molecule has 1 aromatic heterocycles. The summed E-state index contributed by atoms with van der Waals surface area (Å²) in [7, 11) is 1.76. The number of aromatic nitrogens is 2. The molecule has 1 aliphatic rings. The Labute approximate surface area is 128 Å². The Hall–Kier alpha value is -1.43.